The fraction of sp³-hybridized carbons (Fsp3) is 0.188. The van der Waals surface area contributed by atoms with Crippen molar-refractivity contribution in [2.75, 3.05) is 17.2 Å². The second-order valence-corrected chi connectivity index (χ2v) is 4.59. The fourth-order valence-corrected chi connectivity index (χ4v) is 1.91. The highest BCUT2D eigenvalue weighted by molar-refractivity contribution is 5.95. The molecule has 116 valence electrons. The number of hydrogen-bond donors (Lipinski definition) is 2. The van der Waals surface area contributed by atoms with Gasteiger partial charge < -0.3 is 15.4 Å². The molecule has 2 aromatic carbocycles. The van der Waals surface area contributed by atoms with E-state index >= 15 is 0 Å². The Balaban J connectivity index is 1.96. The van der Waals surface area contributed by atoms with Crippen LogP contribution in [-0.4, -0.2) is 19.1 Å². The zero-order valence-electron chi connectivity index (χ0n) is 12.0. The van der Waals surface area contributed by atoms with Crippen LogP contribution >= 0.6 is 0 Å². The van der Waals surface area contributed by atoms with Gasteiger partial charge in [-0.05, 0) is 30.7 Å². The van der Waals surface area contributed by atoms with Gasteiger partial charge in [0.2, 0.25) is 5.91 Å². The molecule has 0 unspecified atom stereocenters. The fourth-order valence-electron chi connectivity index (χ4n) is 1.91. The largest absolute Gasteiger partial charge is 0.433 e. The number of rotatable bonds is 6. The van der Waals surface area contributed by atoms with E-state index in [4.69, 9.17) is 0 Å². The van der Waals surface area contributed by atoms with Crippen molar-refractivity contribution in [3.05, 3.63) is 54.1 Å². The number of hydrogen-bond acceptors (Lipinski definition) is 3. The number of amides is 1. The first-order valence-corrected chi connectivity index (χ1v) is 6.69. The molecule has 0 aliphatic rings. The van der Waals surface area contributed by atoms with Crippen LogP contribution in [0.25, 0.3) is 0 Å². The Morgan fingerprint density at radius 1 is 1.09 bits per heavy atom. The third kappa shape index (κ3) is 4.44. The van der Waals surface area contributed by atoms with Crippen LogP contribution in [0.3, 0.4) is 0 Å². The van der Waals surface area contributed by atoms with E-state index in [2.05, 4.69) is 15.4 Å². The standard InChI is InChI=1S/C16H16F2N2O2/c1-11-6-2-3-7-12(11)19-10-15(21)20-13-8-4-5-9-14(13)22-16(17)18/h2-9,16,19H,10H2,1H3,(H,20,21). The SMILES string of the molecule is Cc1ccccc1NCC(=O)Nc1ccccc1OC(F)F. The van der Waals surface area contributed by atoms with Gasteiger partial charge in [-0.15, -0.1) is 0 Å². The molecule has 0 spiro atoms. The van der Waals surface area contributed by atoms with Crippen molar-refractivity contribution in [2.24, 2.45) is 0 Å². The van der Waals surface area contributed by atoms with Crippen LogP contribution in [0.5, 0.6) is 5.75 Å². The van der Waals surface area contributed by atoms with Gasteiger partial charge in [0.15, 0.2) is 0 Å². The van der Waals surface area contributed by atoms with Gasteiger partial charge in [0.25, 0.3) is 0 Å². The minimum absolute atomic E-state index is 0.0217. The molecule has 2 N–H and O–H groups in total. The van der Waals surface area contributed by atoms with E-state index in [-0.39, 0.29) is 23.9 Å². The summed E-state index contributed by atoms with van der Waals surface area (Å²) in [6.45, 7) is -0.997. The van der Waals surface area contributed by atoms with E-state index in [1.54, 1.807) is 12.1 Å². The van der Waals surface area contributed by atoms with E-state index in [0.29, 0.717) is 0 Å². The summed E-state index contributed by atoms with van der Waals surface area (Å²) < 4.78 is 29.0. The van der Waals surface area contributed by atoms with Crippen LogP contribution < -0.4 is 15.4 Å². The van der Waals surface area contributed by atoms with Gasteiger partial charge in [-0.3, -0.25) is 4.79 Å². The number of aryl methyl sites for hydroxylation is 1. The molecule has 0 atom stereocenters. The molecule has 4 nitrogen and oxygen atoms in total. The molecule has 0 saturated carbocycles. The Hall–Kier alpha value is -2.63. The molecule has 0 aliphatic carbocycles. The van der Waals surface area contributed by atoms with Crippen molar-refractivity contribution >= 4 is 17.3 Å². The Kier molecular flexibility index (Phi) is 5.30. The van der Waals surface area contributed by atoms with Crippen molar-refractivity contribution < 1.29 is 18.3 Å². The summed E-state index contributed by atoms with van der Waals surface area (Å²) in [5, 5.41) is 5.54. The molecule has 0 bridgehead atoms. The van der Waals surface area contributed by atoms with Crippen molar-refractivity contribution in [1.29, 1.82) is 0 Å². The first-order valence-electron chi connectivity index (χ1n) is 6.69. The van der Waals surface area contributed by atoms with E-state index in [1.165, 1.54) is 12.1 Å². The summed E-state index contributed by atoms with van der Waals surface area (Å²) in [7, 11) is 0. The number of carbonyl (C=O) groups excluding carboxylic acids is 1. The normalized spacial score (nSPS) is 10.4. The van der Waals surface area contributed by atoms with E-state index in [1.807, 2.05) is 31.2 Å². The summed E-state index contributed by atoms with van der Waals surface area (Å²) >= 11 is 0. The zero-order valence-corrected chi connectivity index (χ0v) is 12.0. The number of carbonyl (C=O) groups is 1. The Bertz CT molecular complexity index is 648. The minimum Gasteiger partial charge on any atom is -0.433 e. The molecule has 0 fully saturated rings. The van der Waals surface area contributed by atoms with E-state index in [9.17, 15) is 13.6 Å². The van der Waals surface area contributed by atoms with Gasteiger partial charge in [0, 0.05) is 5.69 Å². The Labute approximate surface area is 127 Å². The average molecular weight is 306 g/mol. The van der Waals surface area contributed by atoms with Crippen LogP contribution in [0.15, 0.2) is 48.5 Å². The summed E-state index contributed by atoms with van der Waals surface area (Å²) in [5.74, 6) is -0.421. The van der Waals surface area contributed by atoms with Gasteiger partial charge in [-0.25, -0.2) is 0 Å². The van der Waals surface area contributed by atoms with E-state index in [0.717, 1.165) is 11.3 Å². The summed E-state index contributed by atoms with van der Waals surface area (Å²) in [6.07, 6.45) is 0. The molecule has 0 aromatic heterocycles. The van der Waals surface area contributed by atoms with E-state index < -0.39 is 6.61 Å². The number of ether oxygens (including phenoxy) is 1. The Morgan fingerprint density at radius 2 is 1.73 bits per heavy atom. The highest BCUT2D eigenvalue weighted by atomic mass is 19.3. The molecular formula is C16H16F2N2O2. The molecule has 0 radical (unpaired) electrons. The number of anilines is 2. The molecule has 2 aromatic rings. The molecule has 0 saturated heterocycles. The maximum absolute atomic E-state index is 12.3. The first kappa shape index (κ1) is 15.8. The highest BCUT2D eigenvalue weighted by Gasteiger charge is 2.11. The number of halogens is 2. The number of para-hydroxylation sites is 3. The Morgan fingerprint density at radius 3 is 2.41 bits per heavy atom. The second-order valence-electron chi connectivity index (χ2n) is 4.59. The summed E-state index contributed by atoms with van der Waals surface area (Å²) in [6, 6.07) is 13.6. The number of nitrogens with one attached hydrogen (secondary N) is 2. The topological polar surface area (TPSA) is 50.4 Å². The van der Waals surface area contributed by atoms with Crippen molar-refractivity contribution in [1.82, 2.24) is 0 Å². The van der Waals surface area contributed by atoms with Gasteiger partial charge in [0.1, 0.15) is 5.75 Å². The van der Waals surface area contributed by atoms with Crippen LogP contribution in [0, 0.1) is 6.92 Å². The van der Waals surface area contributed by atoms with Crippen molar-refractivity contribution in [2.45, 2.75) is 13.5 Å². The third-order valence-corrected chi connectivity index (χ3v) is 2.96. The predicted molar refractivity (Wildman–Crippen MR) is 81.4 cm³/mol. The maximum atomic E-state index is 12.3. The molecule has 1 amide bonds. The van der Waals surface area contributed by atoms with Crippen LogP contribution in [0.2, 0.25) is 0 Å². The van der Waals surface area contributed by atoms with Gasteiger partial charge in [-0.2, -0.15) is 8.78 Å². The quantitative estimate of drug-likeness (QED) is 0.856. The van der Waals surface area contributed by atoms with Crippen molar-refractivity contribution in [3.63, 3.8) is 0 Å². The van der Waals surface area contributed by atoms with Crippen molar-refractivity contribution in [3.8, 4) is 5.75 Å². The molecule has 2 rings (SSSR count). The lowest BCUT2D eigenvalue weighted by atomic mass is 10.2. The first-order chi connectivity index (χ1) is 10.6. The van der Waals surface area contributed by atoms with Gasteiger partial charge in [-0.1, -0.05) is 30.3 Å². The predicted octanol–water partition coefficient (Wildman–Crippen LogP) is 3.65. The third-order valence-electron chi connectivity index (χ3n) is 2.96. The highest BCUT2D eigenvalue weighted by Crippen LogP contribution is 2.25. The summed E-state index contributed by atoms with van der Waals surface area (Å²) in [4.78, 5) is 11.9. The molecule has 0 aliphatic heterocycles. The maximum Gasteiger partial charge on any atom is 0.387 e. The molecule has 6 heteroatoms. The zero-order chi connectivity index (χ0) is 15.9. The average Bonchev–Trinajstić information content (AvgIpc) is 2.48. The monoisotopic (exact) mass is 306 g/mol. The van der Waals surface area contributed by atoms with Gasteiger partial charge >= 0.3 is 6.61 Å². The molecular weight excluding hydrogens is 290 g/mol. The lowest BCUT2D eigenvalue weighted by molar-refractivity contribution is -0.114. The lowest BCUT2D eigenvalue weighted by Crippen LogP contribution is -2.22. The number of benzene rings is 2. The van der Waals surface area contributed by atoms with Gasteiger partial charge in [0.05, 0.1) is 12.2 Å². The smallest absolute Gasteiger partial charge is 0.387 e. The summed E-state index contributed by atoms with van der Waals surface area (Å²) in [5.41, 5.74) is 2.06. The number of alkyl halides is 2. The van der Waals surface area contributed by atoms with Crippen LogP contribution in [0.4, 0.5) is 20.2 Å². The molecule has 22 heavy (non-hydrogen) atoms. The lowest BCUT2D eigenvalue weighted by Gasteiger charge is -2.13. The minimum atomic E-state index is -2.94. The second kappa shape index (κ2) is 7.40. The van der Waals surface area contributed by atoms with Crippen LogP contribution in [-0.2, 0) is 4.79 Å². The molecule has 0 heterocycles. The van der Waals surface area contributed by atoms with Crippen LogP contribution in [0.1, 0.15) is 5.56 Å².